The molecule has 1 N–H and O–H groups in total. The summed E-state index contributed by atoms with van der Waals surface area (Å²) in [6, 6.07) is 11.3. The van der Waals surface area contributed by atoms with Gasteiger partial charge in [0, 0.05) is 11.3 Å². The summed E-state index contributed by atoms with van der Waals surface area (Å²) in [7, 11) is 0. The molecule has 184 valence electrons. The largest absolute Gasteiger partial charge is 0.508 e. The van der Waals surface area contributed by atoms with Gasteiger partial charge in [0.2, 0.25) is 0 Å². The minimum Gasteiger partial charge on any atom is -0.508 e. The number of aromatic nitrogens is 1. The summed E-state index contributed by atoms with van der Waals surface area (Å²) in [6.45, 7) is 4.24. The normalized spacial score (nSPS) is 23.3. The Morgan fingerprint density at radius 3 is 2.60 bits per heavy atom. The molecule has 35 heavy (non-hydrogen) atoms. The van der Waals surface area contributed by atoms with Crippen LogP contribution in [0.3, 0.4) is 0 Å². The van der Waals surface area contributed by atoms with Gasteiger partial charge in [0.1, 0.15) is 11.4 Å². The van der Waals surface area contributed by atoms with E-state index in [-0.39, 0.29) is 29.8 Å². The predicted octanol–water partition coefficient (Wildman–Crippen LogP) is 6.66. The average molecular weight is 510 g/mol. The van der Waals surface area contributed by atoms with Crippen LogP contribution in [0, 0.1) is 5.92 Å². The summed E-state index contributed by atoms with van der Waals surface area (Å²) in [4.78, 5) is 32.4. The van der Waals surface area contributed by atoms with Gasteiger partial charge < -0.3 is 9.84 Å². The number of hydrogen-bond donors (Lipinski definition) is 1. The number of esters is 1. The van der Waals surface area contributed by atoms with Crippen molar-refractivity contribution in [3.8, 4) is 5.75 Å². The lowest BCUT2D eigenvalue weighted by molar-refractivity contribution is -0.177. The van der Waals surface area contributed by atoms with Crippen molar-refractivity contribution in [3.05, 3.63) is 53.0 Å². The molecule has 1 saturated heterocycles. The van der Waals surface area contributed by atoms with Crippen molar-refractivity contribution < 1.29 is 19.4 Å². The monoisotopic (exact) mass is 509 g/mol. The molecule has 5 rings (SSSR count). The van der Waals surface area contributed by atoms with Crippen LogP contribution < -0.4 is 0 Å². The summed E-state index contributed by atoms with van der Waals surface area (Å²) in [5.74, 6) is 0.279. The molecule has 1 saturated carbocycles. The highest BCUT2D eigenvalue weighted by molar-refractivity contribution is 8.01. The van der Waals surface area contributed by atoms with Gasteiger partial charge in [0.05, 0.1) is 15.7 Å². The second kappa shape index (κ2) is 9.94. The lowest BCUT2D eigenvalue weighted by atomic mass is 9.76. The van der Waals surface area contributed by atoms with Crippen molar-refractivity contribution >= 4 is 45.1 Å². The summed E-state index contributed by atoms with van der Waals surface area (Å²) in [5, 5.41) is 8.76. The molecule has 1 unspecified atom stereocenters. The van der Waals surface area contributed by atoms with Crippen molar-refractivity contribution in [3.63, 3.8) is 0 Å². The fourth-order valence-corrected chi connectivity index (χ4v) is 7.55. The van der Waals surface area contributed by atoms with E-state index in [0.717, 1.165) is 51.9 Å². The number of thioether (sulfide) groups is 1. The maximum atomic E-state index is 13.6. The zero-order valence-electron chi connectivity index (χ0n) is 20.2. The van der Waals surface area contributed by atoms with Gasteiger partial charge in [-0.2, -0.15) is 0 Å². The number of carbonyl (C=O) groups excluding carboxylic acids is 2. The number of ketones is 1. The molecular formula is C28H31NO4S2. The second-order valence-electron chi connectivity index (χ2n) is 10.1. The van der Waals surface area contributed by atoms with Crippen LogP contribution in [0.25, 0.3) is 10.2 Å². The highest BCUT2D eigenvalue weighted by Crippen LogP contribution is 2.46. The van der Waals surface area contributed by atoms with E-state index in [1.165, 1.54) is 11.8 Å². The number of aryl methyl sites for hydroxylation is 1. The lowest BCUT2D eigenvalue weighted by Gasteiger charge is -2.43. The van der Waals surface area contributed by atoms with Crippen LogP contribution in [0.5, 0.6) is 5.75 Å². The van der Waals surface area contributed by atoms with Crippen molar-refractivity contribution in [2.24, 2.45) is 5.92 Å². The molecule has 1 aromatic heterocycles. The van der Waals surface area contributed by atoms with Crippen LogP contribution in [0.4, 0.5) is 0 Å². The molecule has 0 bridgehead atoms. The van der Waals surface area contributed by atoms with Gasteiger partial charge >= 0.3 is 5.97 Å². The van der Waals surface area contributed by atoms with Crippen LogP contribution in [0.1, 0.15) is 69.4 Å². The first-order chi connectivity index (χ1) is 16.8. The number of carbonyl (C=O) groups is 2. The van der Waals surface area contributed by atoms with Crippen LogP contribution in [-0.4, -0.2) is 32.7 Å². The zero-order chi connectivity index (χ0) is 24.6. The number of nitrogens with zero attached hydrogens (tertiary/aromatic N) is 1. The number of thiazole rings is 1. The highest BCUT2D eigenvalue weighted by Gasteiger charge is 2.51. The molecule has 0 spiro atoms. The summed E-state index contributed by atoms with van der Waals surface area (Å²) >= 11 is 2.91. The fraction of sp³-hybridized carbons (Fsp3) is 0.464. The molecule has 0 radical (unpaired) electrons. The van der Waals surface area contributed by atoms with Crippen molar-refractivity contribution in [1.82, 2.24) is 4.98 Å². The number of Topliss-reactive ketones (excluding diaryl/α,β-unsaturated/α-hetero) is 1. The Morgan fingerprint density at radius 2 is 1.91 bits per heavy atom. The number of phenolic OH excluding ortho intramolecular Hbond substituents is 1. The number of cyclic esters (lactones) is 1. The molecule has 2 heterocycles. The maximum absolute atomic E-state index is 13.6. The second-order valence-corrected chi connectivity index (χ2v) is 12.2. The van der Waals surface area contributed by atoms with Gasteiger partial charge in [-0.05, 0) is 72.9 Å². The quantitative estimate of drug-likeness (QED) is 0.283. The van der Waals surface area contributed by atoms with E-state index in [1.54, 1.807) is 23.5 Å². The van der Waals surface area contributed by atoms with Gasteiger partial charge in [0.25, 0.3) is 0 Å². The molecule has 2 atom stereocenters. The molecule has 2 aliphatic rings. The SMILES string of the molecule is CC(C)c1cc2ncsc2cc1SC1C(=O)C[C@@](CCc2ccc(O)cc2)(C2CCCC2)OC1=O. The first kappa shape index (κ1) is 24.3. The minimum atomic E-state index is -0.832. The van der Waals surface area contributed by atoms with Crippen LogP contribution >= 0.6 is 23.1 Å². The summed E-state index contributed by atoms with van der Waals surface area (Å²) in [6.07, 6.45) is 5.82. The third-order valence-electron chi connectivity index (χ3n) is 7.49. The van der Waals surface area contributed by atoms with E-state index in [4.69, 9.17) is 4.74 Å². The van der Waals surface area contributed by atoms with E-state index in [0.29, 0.717) is 12.8 Å². The predicted molar refractivity (Wildman–Crippen MR) is 140 cm³/mol. The Balaban J connectivity index is 1.39. The molecule has 7 heteroatoms. The first-order valence-electron chi connectivity index (χ1n) is 12.4. The van der Waals surface area contributed by atoms with E-state index in [2.05, 4.69) is 31.0 Å². The number of ether oxygens (including phenoxy) is 1. The van der Waals surface area contributed by atoms with Crippen molar-refractivity contribution in [2.45, 2.75) is 80.5 Å². The van der Waals surface area contributed by atoms with E-state index < -0.39 is 16.8 Å². The number of benzene rings is 2. The number of fused-ring (bicyclic) bond motifs is 1. The Bertz CT molecular complexity index is 1210. The summed E-state index contributed by atoms with van der Waals surface area (Å²) < 4.78 is 7.35. The maximum Gasteiger partial charge on any atom is 0.327 e. The highest BCUT2D eigenvalue weighted by atomic mass is 32.2. The molecule has 2 aromatic carbocycles. The van der Waals surface area contributed by atoms with Crippen LogP contribution in [-0.2, 0) is 20.7 Å². The molecule has 3 aromatic rings. The van der Waals surface area contributed by atoms with E-state index in [9.17, 15) is 14.7 Å². The fourth-order valence-electron chi connectivity index (χ4n) is 5.55. The summed E-state index contributed by atoms with van der Waals surface area (Å²) in [5.41, 5.74) is 4.22. The smallest absolute Gasteiger partial charge is 0.327 e. The van der Waals surface area contributed by atoms with Gasteiger partial charge in [-0.3, -0.25) is 9.59 Å². The number of phenols is 1. The lowest BCUT2D eigenvalue weighted by Crippen LogP contribution is -2.53. The first-order valence-corrected chi connectivity index (χ1v) is 14.2. The third-order valence-corrected chi connectivity index (χ3v) is 9.58. The zero-order valence-corrected chi connectivity index (χ0v) is 21.8. The molecule has 1 aliphatic carbocycles. The van der Waals surface area contributed by atoms with E-state index in [1.807, 2.05) is 17.6 Å². The van der Waals surface area contributed by atoms with Crippen LogP contribution in [0.2, 0.25) is 0 Å². The molecule has 0 amide bonds. The Labute approximate surface area is 214 Å². The third kappa shape index (κ3) is 4.98. The molecular weight excluding hydrogens is 478 g/mol. The number of rotatable bonds is 7. The molecule has 1 aliphatic heterocycles. The minimum absolute atomic E-state index is 0.0250. The topological polar surface area (TPSA) is 76.5 Å². The number of hydrogen-bond acceptors (Lipinski definition) is 7. The standard InChI is InChI=1S/C28H31NO4S2/c1-17(2)21-13-22-25(34-16-29-22)14-24(21)35-26-23(31)15-28(33-27(26)32,19-5-3-4-6-19)12-11-18-7-9-20(30)10-8-18/h7-10,13-14,16-17,19,26,30H,3-6,11-12,15H2,1-2H3/t26?,28-/m0/s1. The Kier molecular flexibility index (Phi) is 6.91. The van der Waals surface area contributed by atoms with Crippen molar-refractivity contribution in [2.75, 3.05) is 0 Å². The van der Waals surface area contributed by atoms with Crippen LogP contribution in [0.15, 0.2) is 46.8 Å². The van der Waals surface area contributed by atoms with Gasteiger partial charge in [-0.25, -0.2) is 4.98 Å². The Hall–Kier alpha value is -2.38. The van der Waals surface area contributed by atoms with Gasteiger partial charge in [-0.15, -0.1) is 23.1 Å². The van der Waals surface area contributed by atoms with E-state index >= 15 is 0 Å². The van der Waals surface area contributed by atoms with Gasteiger partial charge in [-0.1, -0.05) is 38.8 Å². The molecule has 5 nitrogen and oxygen atoms in total. The van der Waals surface area contributed by atoms with Crippen molar-refractivity contribution in [1.29, 1.82) is 0 Å². The molecule has 2 fully saturated rings. The van der Waals surface area contributed by atoms with Gasteiger partial charge in [0.15, 0.2) is 11.0 Å². The number of aromatic hydroxyl groups is 1. The average Bonchev–Trinajstić information content (AvgIpc) is 3.53. The Morgan fingerprint density at radius 1 is 1.17 bits per heavy atom.